The topological polar surface area (TPSA) is 112 Å². The van der Waals surface area contributed by atoms with Gasteiger partial charge in [-0.3, -0.25) is 4.79 Å². The minimum Gasteiger partial charge on any atom is -0.335 e. The third kappa shape index (κ3) is 4.41. The lowest BCUT2D eigenvalue weighted by atomic mass is 10.3. The Labute approximate surface area is 111 Å². The second kappa shape index (κ2) is 7.85. The molecule has 1 amide bonds. The van der Waals surface area contributed by atoms with E-state index >= 15 is 0 Å². The molecule has 0 aliphatic heterocycles. The van der Waals surface area contributed by atoms with Crippen molar-refractivity contribution in [2.24, 2.45) is 5.73 Å². The van der Waals surface area contributed by atoms with Crippen LogP contribution in [0.4, 0.5) is 0 Å². The first kappa shape index (κ1) is 14.7. The Balaban J connectivity index is 2.73. The van der Waals surface area contributed by atoms with Crippen LogP contribution >= 0.6 is 0 Å². The molecule has 1 aromatic heterocycles. The van der Waals surface area contributed by atoms with Crippen molar-refractivity contribution in [3.8, 4) is 12.1 Å². The highest BCUT2D eigenvalue weighted by molar-refractivity contribution is 5.92. The summed E-state index contributed by atoms with van der Waals surface area (Å²) in [6, 6.07) is 3.98. The van der Waals surface area contributed by atoms with E-state index < -0.39 is 0 Å². The van der Waals surface area contributed by atoms with Gasteiger partial charge in [0.15, 0.2) is 0 Å². The Morgan fingerprint density at radius 1 is 1.37 bits per heavy atom. The molecule has 1 aromatic rings. The van der Waals surface area contributed by atoms with E-state index in [4.69, 9.17) is 16.3 Å². The van der Waals surface area contributed by atoms with Crippen LogP contribution in [0.1, 0.15) is 23.3 Å². The molecule has 0 bridgehead atoms. The number of carbonyl (C=O) groups is 1. The van der Waals surface area contributed by atoms with Gasteiger partial charge >= 0.3 is 0 Å². The lowest BCUT2D eigenvalue weighted by Gasteiger charge is -2.18. The van der Waals surface area contributed by atoms with Crippen LogP contribution in [0.5, 0.6) is 0 Å². The summed E-state index contributed by atoms with van der Waals surface area (Å²) in [6.07, 6.45) is 3.65. The highest BCUT2D eigenvalue weighted by Crippen LogP contribution is 2.04. The molecule has 7 nitrogen and oxygen atoms in total. The van der Waals surface area contributed by atoms with Crippen LogP contribution in [0.3, 0.4) is 0 Å². The van der Waals surface area contributed by atoms with Crippen LogP contribution in [-0.4, -0.2) is 40.0 Å². The zero-order valence-electron chi connectivity index (χ0n) is 10.6. The van der Waals surface area contributed by atoms with E-state index in [1.807, 2.05) is 12.1 Å². The van der Waals surface area contributed by atoms with Gasteiger partial charge in [-0.1, -0.05) is 0 Å². The van der Waals surface area contributed by atoms with E-state index in [2.05, 4.69) is 4.98 Å². The number of nitrogens with zero attached hydrogens (tertiary/aromatic N) is 5. The maximum absolute atomic E-state index is 12.2. The van der Waals surface area contributed by atoms with E-state index in [9.17, 15) is 4.79 Å². The lowest BCUT2D eigenvalue weighted by molar-refractivity contribution is 0.0757. The lowest BCUT2D eigenvalue weighted by Crippen LogP contribution is -2.33. The average molecular weight is 260 g/mol. The molecular formula is C12H16N6O. The van der Waals surface area contributed by atoms with Crippen molar-refractivity contribution in [1.82, 2.24) is 14.5 Å². The summed E-state index contributed by atoms with van der Waals surface area (Å²) in [5, 5.41) is 17.2. The van der Waals surface area contributed by atoms with E-state index in [1.54, 1.807) is 17.1 Å². The third-order valence-corrected chi connectivity index (χ3v) is 2.51. The van der Waals surface area contributed by atoms with Gasteiger partial charge in [-0.05, 0) is 0 Å². The summed E-state index contributed by atoms with van der Waals surface area (Å²) in [6.45, 7) is 1.68. The second-order valence-electron chi connectivity index (χ2n) is 3.89. The third-order valence-electron chi connectivity index (χ3n) is 2.51. The molecule has 1 rings (SSSR count). The summed E-state index contributed by atoms with van der Waals surface area (Å²) in [5.74, 6) is -0.263. The number of nitriles is 2. The molecule has 0 aliphatic rings. The fraction of sp³-hybridized carbons (Fsp3) is 0.500. The Kier molecular flexibility index (Phi) is 6.07. The molecule has 0 fully saturated rings. The molecule has 0 aromatic carbocycles. The first-order valence-corrected chi connectivity index (χ1v) is 5.98. The Bertz CT molecular complexity index is 477. The smallest absolute Gasteiger partial charge is 0.274 e. The van der Waals surface area contributed by atoms with E-state index in [1.165, 1.54) is 4.90 Å². The molecular weight excluding hydrogens is 244 g/mol. The minimum atomic E-state index is -0.263. The summed E-state index contributed by atoms with van der Waals surface area (Å²) >= 11 is 0. The average Bonchev–Trinajstić information content (AvgIpc) is 2.87. The number of imidazole rings is 1. The molecule has 0 saturated carbocycles. The molecule has 0 spiro atoms. The first-order chi connectivity index (χ1) is 9.22. The number of nitrogens with two attached hydrogens (primary N) is 1. The van der Waals surface area contributed by atoms with Gasteiger partial charge in [0.2, 0.25) is 0 Å². The summed E-state index contributed by atoms with van der Waals surface area (Å²) < 4.78 is 1.74. The monoisotopic (exact) mass is 260 g/mol. The minimum absolute atomic E-state index is 0.237. The maximum Gasteiger partial charge on any atom is 0.274 e. The Morgan fingerprint density at radius 3 is 2.53 bits per heavy atom. The van der Waals surface area contributed by atoms with E-state index in [0.717, 1.165) is 0 Å². The zero-order valence-corrected chi connectivity index (χ0v) is 10.6. The molecule has 0 atom stereocenters. The number of amides is 1. The number of carbonyl (C=O) groups excluding carboxylic acids is 1. The molecule has 0 radical (unpaired) electrons. The van der Waals surface area contributed by atoms with Gasteiger partial charge in [-0.2, -0.15) is 10.5 Å². The van der Waals surface area contributed by atoms with Crippen LogP contribution in [0.15, 0.2) is 12.5 Å². The quantitative estimate of drug-likeness (QED) is 0.747. The Hall–Kier alpha value is -2.38. The molecule has 0 unspecified atom stereocenters. The van der Waals surface area contributed by atoms with Crippen LogP contribution in [0.2, 0.25) is 0 Å². The molecule has 1 heterocycles. The highest BCUT2D eigenvalue weighted by atomic mass is 16.2. The standard InChI is InChI=1S/C12H16N6O/c13-3-1-6-18(7-2-4-14)12(19)11-9-17(8-5-15)10-16-11/h9-10H,1-2,5-8,15H2. The van der Waals surface area contributed by atoms with Crippen molar-refractivity contribution in [2.45, 2.75) is 19.4 Å². The first-order valence-electron chi connectivity index (χ1n) is 5.98. The normalized spacial score (nSPS) is 9.63. The van der Waals surface area contributed by atoms with Crippen molar-refractivity contribution in [3.63, 3.8) is 0 Å². The summed E-state index contributed by atoms with van der Waals surface area (Å²) in [7, 11) is 0. The van der Waals surface area contributed by atoms with Crippen LogP contribution in [-0.2, 0) is 6.54 Å². The van der Waals surface area contributed by atoms with Gasteiger partial charge in [0.1, 0.15) is 5.69 Å². The predicted molar refractivity (Wildman–Crippen MR) is 67.6 cm³/mol. The number of aromatic nitrogens is 2. The van der Waals surface area contributed by atoms with Crippen molar-refractivity contribution in [1.29, 1.82) is 10.5 Å². The molecule has 2 N–H and O–H groups in total. The fourth-order valence-electron chi connectivity index (χ4n) is 1.59. The maximum atomic E-state index is 12.2. The number of hydrogen-bond acceptors (Lipinski definition) is 5. The van der Waals surface area contributed by atoms with Crippen molar-refractivity contribution in [3.05, 3.63) is 18.2 Å². The number of hydrogen-bond donors (Lipinski definition) is 1. The summed E-state index contributed by atoms with van der Waals surface area (Å²) in [5.41, 5.74) is 5.73. The van der Waals surface area contributed by atoms with Crippen molar-refractivity contribution >= 4 is 5.91 Å². The van der Waals surface area contributed by atoms with Crippen LogP contribution < -0.4 is 5.73 Å². The number of rotatable bonds is 7. The molecule has 0 aliphatic carbocycles. The SMILES string of the molecule is N#CCCN(CCC#N)C(=O)c1cn(CCN)cn1. The fourth-order valence-corrected chi connectivity index (χ4v) is 1.59. The van der Waals surface area contributed by atoms with Gasteiger partial charge in [-0.25, -0.2) is 4.98 Å². The van der Waals surface area contributed by atoms with Gasteiger partial charge in [-0.15, -0.1) is 0 Å². The molecule has 7 heteroatoms. The second-order valence-corrected chi connectivity index (χ2v) is 3.89. The zero-order chi connectivity index (χ0) is 14.1. The van der Waals surface area contributed by atoms with Crippen LogP contribution in [0.25, 0.3) is 0 Å². The molecule has 19 heavy (non-hydrogen) atoms. The van der Waals surface area contributed by atoms with Crippen molar-refractivity contribution in [2.75, 3.05) is 19.6 Å². The van der Waals surface area contributed by atoms with Crippen molar-refractivity contribution < 1.29 is 4.79 Å². The van der Waals surface area contributed by atoms with Gasteiger partial charge in [0, 0.05) is 32.4 Å². The predicted octanol–water partition coefficient (Wildman–Crippen LogP) is 0.111. The van der Waals surface area contributed by atoms with Gasteiger partial charge < -0.3 is 15.2 Å². The van der Waals surface area contributed by atoms with E-state index in [-0.39, 0.29) is 18.7 Å². The largest absolute Gasteiger partial charge is 0.335 e. The van der Waals surface area contributed by atoms with Crippen LogP contribution in [0, 0.1) is 22.7 Å². The van der Waals surface area contributed by atoms with E-state index in [0.29, 0.717) is 31.9 Å². The molecule has 100 valence electrons. The Morgan fingerprint density at radius 2 is 2.00 bits per heavy atom. The summed E-state index contributed by atoms with van der Waals surface area (Å²) in [4.78, 5) is 17.7. The highest BCUT2D eigenvalue weighted by Gasteiger charge is 2.17. The van der Waals surface area contributed by atoms with Gasteiger partial charge in [0.05, 0.1) is 31.3 Å². The molecule has 0 saturated heterocycles. The van der Waals surface area contributed by atoms with Gasteiger partial charge in [0.25, 0.3) is 5.91 Å².